The third-order valence-corrected chi connectivity index (χ3v) is 6.39. The van der Waals surface area contributed by atoms with Crippen molar-refractivity contribution in [2.75, 3.05) is 24.6 Å². The molecular formula is C17H20Cl2N4O2S. The van der Waals surface area contributed by atoms with Crippen LogP contribution in [0.1, 0.15) is 35.9 Å². The fourth-order valence-corrected chi connectivity index (χ4v) is 4.31. The summed E-state index contributed by atoms with van der Waals surface area (Å²) in [4.78, 5) is 14.2. The lowest BCUT2D eigenvalue weighted by Crippen LogP contribution is -2.34. The normalized spacial score (nSPS) is 15.3. The number of nitrogens with one attached hydrogen (secondary N) is 1. The van der Waals surface area contributed by atoms with E-state index in [1.165, 1.54) is 0 Å². The lowest BCUT2D eigenvalue weighted by Gasteiger charge is -2.33. The number of aromatic amines is 1. The van der Waals surface area contributed by atoms with Crippen molar-refractivity contribution in [3.8, 4) is 0 Å². The number of thioether (sulfide) groups is 1. The molecule has 0 unspecified atom stereocenters. The maximum atomic E-state index is 11.9. The number of rotatable bonds is 6. The average molecular weight is 415 g/mol. The summed E-state index contributed by atoms with van der Waals surface area (Å²) in [5.74, 6) is 0.241. The maximum Gasteiger partial charge on any atom is 0.358 e. The monoisotopic (exact) mass is 414 g/mol. The van der Waals surface area contributed by atoms with E-state index < -0.39 is 5.97 Å². The second-order valence-electron chi connectivity index (χ2n) is 5.95. The van der Waals surface area contributed by atoms with E-state index in [9.17, 15) is 4.79 Å². The molecule has 0 atom stereocenters. The van der Waals surface area contributed by atoms with Gasteiger partial charge in [-0.3, -0.25) is 5.10 Å². The van der Waals surface area contributed by atoms with Crippen LogP contribution in [0.4, 0.5) is 5.69 Å². The summed E-state index contributed by atoms with van der Waals surface area (Å²) < 4.78 is 5.01. The Labute approximate surface area is 166 Å². The number of hydrogen-bond donors (Lipinski definition) is 1. The second-order valence-corrected chi connectivity index (χ2v) is 8.05. The molecule has 0 bridgehead atoms. The van der Waals surface area contributed by atoms with E-state index in [2.05, 4.69) is 20.3 Å². The van der Waals surface area contributed by atoms with Gasteiger partial charge in [0.15, 0.2) is 5.69 Å². The van der Waals surface area contributed by atoms with Crippen LogP contribution in [0.25, 0.3) is 0 Å². The molecular weight excluding hydrogens is 395 g/mol. The highest BCUT2D eigenvalue weighted by molar-refractivity contribution is 7.99. The van der Waals surface area contributed by atoms with Crippen molar-refractivity contribution in [3.63, 3.8) is 0 Å². The van der Waals surface area contributed by atoms with Gasteiger partial charge in [-0.15, -0.1) is 5.10 Å². The number of nitrogens with zero attached hydrogens (tertiary/aromatic N) is 3. The van der Waals surface area contributed by atoms with Gasteiger partial charge in [0.25, 0.3) is 0 Å². The number of aromatic nitrogens is 3. The molecule has 2 heterocycles. The summed E-state index contributed by atoms with van der Waals surface area (Å²) in [6.07, 6.45) is 2.11. The molecule has 1 N–H and O–H groups in total. The van der Waals surface area contributed by atoms with Crippen LogP contribution in [0.15, 0.2) is 18.2 Å². The summed E-state index contributed by atoms with van der Waals surface area (Å²) in [5.41, 5.74) is 2.11. The Bertz CT molecular complexity index is 763. The molecule has 2 aromatic rings. The van der Waals surface area contributed by atoms with Crippen LogP contribution in [0.3, 0.4) is 0 Å². The minimum atomic E-state index is -0.400. The van der Waals surface area contributed by atoms with Crippen LogP contribution < -0.4 is 4.90 Å². The molecule has 140 valence electrons. The highest BCUT2D eigenvalue weighted by Crippen LogP contribution is 2.32. The summed E-state index contributed by atoms with van der Waals surface area (Å²) in [5, 5.41) is 12.1. The SMILES string of the molecule is CCOC(=O)c1[nH]nnc1CSC1CCN(c2ccc(Cl)c(Cl)c2)CC1. The number of esters is 1. The van der Waals surface area contributed by atoms with Crippen molar-refractivity contribution < 1.29 is 9.53 Å². The van der Waals surface area contributed by atoms with Crippen molar-refractivity contribution in [3.05, 3.63) is 39.6 Å². The molecule has 1 saturated heterocycles. The first kappa shape index (κ1) is 19.3. The molecule has 1 aromatic carbocycles. The van der Waals surface area contributed by atoms with Gasteiger partial charge in [-0.2, -0.15) is 11.8 Å². The van der Waals surface area contributed by atoms with E-state index in [1.54, 1.807) is 18.7 Å². The van der Waals surface area contributed by atoms with Crippen molar-refractivity contribution in [2.45, 2.75) is 30.8 Å². The van der Waals surface area contributed by atoms with Crippen LogP contribution >= 0.6 is 35.0 Å². The molecule has 1 aromatic heterocycles. The summed E-state index contributed by atoms with van der Waals surface area (Å²) in [6, 6.07) is 5.75. The number of H-pyrrole nitrogens is 1. The zero-order chi connectivity index (χ0) is 18.5. The maximum absolute atomic E-state index is 11.9. The Balaban J connectivity index is 1.51. The molecule has 0 aliphatic carbocycles. The Morgan fingerprint density at radius 2 is 2.12 bits per heavy atom. The van der Waals surface area contributed by atoms with Crippen molar-refractivity contribution in [1.29, 1.82) is 0 Å². The number of anilines is 1. The Morgan fingerprint density at radius 1 is 1.35 bits per heavy atom. The Morgan fingerprint density at radius 3 is 2.81 bits per heavy atom. The third kappa shape index (κ3) is 4.64. The molecule has 6 nitrogen and oxygen atoms in total. The van der Waals surface area contributed by atoms with Crippen LogP contribution in [-0.2, 0) is 10.5 Å². The molecule has 26 heavy (non-hydrogen) atoms. The van der Waals surface area contributed by atoms with E-state index >= 15 is 0 Å². The van der Waals surface area contributed by atoms with Gasteiger partial charge in [-0.1, -0.05) is 28.4 Å². The van der Waals surface area contributed by atoms with Crippen LogP contribution in [0.2, 0.25) is 10.0 Å². The van der Waals surface area contributed by atoms with E-state index in [1.807, 2.05) is 18.2 Å². The molecule has 0 spiro atoms. The minimum absolute atomic E-state index is 0.331. The van der Waals surface area contributed by atoms with Crippen molar-refractivity contribution >= 4 is 46.6 Å². The van der Waals surface area contributed by atoms with Crippen molar-refractivity contribution in [2.24, 2.45) is 0 Å². The van der Waals surface area contributed by atoms with Gasteiger partial charge in [0, 0.05) is 29.8 Å². The van der Waals surface area contributed by atoms with Gasteiger partial charge >= 0.3 is 5.97 Å². The third-order valence-electron chi connectivity index (χ3n) is 4.27. The number of hydrogen-bond acceptors (Lipinski definition) is 6. The van der Waals surface area contributed by atoms with Crippen LogP contribution in [0.5, 0.6) is 0 Å². The number of carbonyl (C=O) groups is 1. The standard InChI is InChI=1S/C17H20Cl2N4O2S/c1-2-25-17(24)16-15(20-22-21-16)10-26-12-5-7-23(8-6-12)11-3-4-13(18)14(19)9-11/h3-4,9,12H,2,5-8,10H2,1H3,(H,20,21,22). The highest BCUT2D eigenvalue weighted by atomic mass is 35.5. The first-order valence-electron chi connectivity index (χ1n) is 8.47. The highest BCUT2D eigenvalue weighted by Gasteiger charge is 2.22. The van der Waals surface area contributed by atoms with E-state index in [0.29, 0.717) is 39.0 Å². The minimum Gasteiger partial charge on any atom is -0.461 e. The average Bonchev–Trinajstić information content (AvgIpc) is 3.12. The molecule has 0 saturated carbocycles. The molecule has 0 amide bonds. The first-order valence-corrected chi connectivity index (χ1v) is 10.3. The smallest absolute Gasteiger partial charge is 0.358 e. The topological polar surface area (TPSA) is 71.1 Å². The molecule has 1 aliphatic heterocycles. The Hall–Kier alpha value is -1.44. The molecule has 3 rings (SSSR count). The number of benzene rings is 1. The summed E-state index contributed by atoms with van der Waals surface area (Å²) in [7, 11) is 0. The Kier molecular flexibility index (Phi) is 6.67. The van der Waals surface area contributed by atoms with Gasteiger partial charge in [0.2, 0.25) is 0 Å². The number of halogens is 2. The van der Waals surface area contributed by atoms with Gasteiger partial charge in [0.1, 0.15) is 5.69 Å². The van der Waals surface area contributed by atoms with Gasteiger partial charge in [-0.25, -0.2) is 4.79 Å². The predicted molar refractivity (Wildman–Crippen MR) is 105 cm³/mol. The number of piperidine rings is 1. The number of ether oxygens (including phenoxy) is 1. The van der Waals surface area contributed by atoms with Gasteiger partial charge in [0.05, 0.1) is 16.7 Å². The molecule has 1 fully saturated rings. The van der Waals surface area contributed by atoms with E-state index in [0.717, 1.165) is 31.6 Å². The lowest BCUT2D eigenvalue weighted by atomic mass is 10.1. The first-order chi connectivity index (χ1) is 12.6. The zero-order valence-electron chi connectivity index (χ0n) is 14.4. The van der Waals surface area contributed by atoms with E-state index in [4.69, 9.17) is 27.9 Å². The molecule has 0 radical (unpaired) electrons. The fourth-order valence-electron chi connectivity index (χ4n) is 2.88. The van der Waals surface area contributed by atoms with Crippen LogP contribution in [-0.4, -0.2) is 46.3 Å². The fraction of sp³-hybridized carbons (Fsp3) is 0.471. The van der Waals surface area contributed by atoms with Crippen LogP contribution in [0, 0.1) is 0 Å². The molecule has 9 heteroatoms. The molecule has 1 aliphatic rings. The largest absolute Gasteiger partial charge is 0.461 e. The number of carbonyl (C=O) groups excluding carboxylic acids is 1. The van der Waals surface area contributed by atoms with E-state index in [-0.39, 0.29) is 0 Å². The quantitative estimate of drug-likeness (QED) is 0.714. The summed E-state index contributed by atoms with van der Waals surface area (Å²) in [6.45, 7) is 4.02. The van der Waals surface area contributed by atoms with Crippen molar-refractivity contribution in [1.82, 2.24) is 15.4 Å². The van der Waals surface area contributed by atoms with Gasteiger partial charge in [-0.05, 0) is 38.0 Å². The second kappa shape index (κ2) is 8.97. The zero-order valence-corrected chi connectivity index (χ0v) is 16.7. The lowest BCUT2D eigenvalue weighted by molar-refractivity contribution is 0.0518. The predicted octanol–water partition coefficient (Wildman–Crippen LogP) is 4.19. The van der Waals surface area contributed by atoms with Gasteiger partial charge < -0.3 is 9.64 Å². The summed E-state index contributed by atoms with van der Waals surface area (Å²) >= 11 is 13.9.